The molecule has 0 aromatic carbocycles. The number of hydrogen-bond donors (Lipinski definition) is 5. The highest BCUT2D eigenvalue weighted by atomic mass is 31.3. The Kier molecular flexibility index (Phi) is 31.5. The summed E-state index contributed by atoms with van der Waals surface area (Å²) in [4.78, 5) is 62.0. The molecular formula is C50H89N3O16P2. The van der Waals surface area contributed by atoms with Gasteiger partial charge in [-0.05, 0) is 50.5 Å². The molecule has 9 atom stereocenters. The molecule has 1 aromatic rings. The quantitative estimate of drug-likeness (QED) is 0.0134. The second-order valence-electron chi connectivity index (χ2n) is 19.6. The number of unbranched alkanes of at least 4 members (excludes halogenated alkanes) is 20. The lowest BCUT2D eigenvalue weighted by Gasteiger charge is -2.21. The smallest absolute Gasteiger partial charge is 0.462 e. The van der Waals surface area contributed by atoms with E-state index in [1.807, 2.05) is 0 Å². The molecule has 2 aliphatic rings. The maximum atomic E-state index is 12.9. The van der Waals surface area contributed by atoms with Crippen molar-refractivity contribution in [2.75, 3.05) is 25.6 Å². The number of esters is 2. The standard InChI is InChI=1S/C50H89N3O16P2/c1-4-5-6-7-20-25-30-41-42(67-41)31-26-21-18-23-28-33-46(55)66-40(36-63-45(54)32-27-22-17-15-13-11-9-8-10-12-14-16-19-24-29-39(2)3)37-64-70(59,60)69-71(61,62)65-38-43-47(56)48(57)49(68-43)53-35-34-44(51)52-50(53)58/h20,25,34-35,39-43,47-49,56-57H,4-19,21-24,26-33,36-38H2,1-3H3,(H,59,60)(H,61,62)(H2,51,52,58)/b25-20-/t40-,41?,42?,43-,47-,48-,49-/m1/s1. The van der Waals surface area contributed by atoms with Crippen LogP contribution in [0, 0.1) is 5.92 Å². The van der Waals surface area contributed by atoms with Gasteiger partial charge in [0, 0.05) is 19.0 Å². The summed E-state index contributed by atoms with van der Waals surface area (Å²) in [5, 5.41) is 20.9. The summed E-state index contributed by atoms with van der Waals surface area (Å²) in [5.41, 5.74) is 4.59. The summed E-state index contributed by atoms with van der Waals surface area (Å²) in [6, 6.07) is 1.25. The fourth-order valence-corrected chi connectivity index (χ4v) is 10.6. The number of epoxide rings is 1. The van der Waals surface area contributed by atoms with Gasteiger partial charge in [-0.15, -0.1) is 0 Å². The van der Waals surface area contributed by atoms with Crippen LogP contribution >= 0.6 is 15.6 Å². The van der Waals surface area contributed by atoms with Crippen molar-refractivity contribution in [2.45, 2.75) is 243 Å². The number of aliphatic hydroxyl groups excluding tert-OH is 2. The fraction of sp³-hybridized carbons (Fsp3) is 0.840. The Morgan fingerprint density at radius 3 is 1.92 bits per heavy atom. The van der Waals surface area contributed by atoms with E-state index in [0.717, 1.165) is 81.1 Å². The normalized spacial score (nSPS) is 22.1. The third-order valence-corrected chi connectivity index (χ3v) is 15.3. The Hall–Kier alpha value is -2.54. The number of phosphoric acid groups is 2. The van der Waals surface area contributed by atoms with E-state index in [1.54, 1.807) is 0 Å². The highest BCUT2D eigenvalue weighted by molar-refractivity contribution is 7.61. The Morgan fingerprint density at radius 1 is 0.732 bits per heavy atom. The van der Waals surface area contributed by atoms with Gasteiger partial charge in [-0.3, -0.25) is 23.2 Å². The lowest BCUT2D eigenvalue weighted by molar-refractivity contribution is -0.161. The third kappa shape index (κ3) is 28.6. The number of aliphatic hydroxyl groups is 2. The maximum absolute atomic E-state index is 12.9. The van der Waals surface area contributed by atoms with Crippen molar-refractivity contribution in [3.8, 4) is 0 Å². The summed E-state index contributed by atoms with van der Waals surface area (Å²) in [7, 11) is -10.9. The topological polar surface area (TPSA) is 278 Å². The molecule has 2 saturated heterocycles. The van der Waals surface area contributed by atoms with Gasteiger partial charge in [-0.2, -0.15) is 9.29 Å². The number of phosphoric ester groups is 2. The predicted molar refractivity (Wildman–Crippen MR) is 270 cm³/mol. The van der Waals surface area contributed by atoms with Gasteiger partial charge < -0.3 is 44.7 Å². The minimum atomic E-state index is -5.43. The van der Waals surface area contributed by atoms with Crippen molar-refractivity contribution in [3.63, 3.8) is 0 Å². The average Bonchev–Trinajstić information content (AvgIpc) is 4.00. The van der Waals surface area contributed by atoms with Crippen LogP contribution in [-0.2, 0) is 51.0 Å². The number of aromatic nitrogens is 2. The fourth-order valence-electron chi connectivity index (χ4n) is 8.45. The molecule has 1 aromatic heterocycles. The first-order valence-corrected chi connectivity index (χ1v) is 29.7. The number of nitrogens with zero attached hydrogens (tertiary/aromatic N) is 2. The van der Waals surface area contributed by atoms with Crippen molar-refractivity contribution in [2.24, 2.45) is 5.92 Å². The number of rotatable bonds is 43. The van der Waals surface area contributed by atoms with Gasteiger partial charge in [0.25, 0.3) is 0 Å². The van der Waals surface area contributed by atoms with Crippen molar-refractivity contribution < 1.29 is 71.0 Å². The molecule has 2 fully saturated rings. The number of hydrogen-bond acceptors (Lipinski definition) is 16. The van der Waals surface area contributed by atoms with Crippen molar-refractivity contribution >= 4 is 33.4 Å². The minimum Gasteiger partial charge on any atom is -0.462 e. The van der Waals surface area contributed by atoms with Crippen LogP contribution in [-0.4, -0.2) is 97.9 Å². The molecule has 3 rings (SSSR count). The molecule has 19 nitrogen and oxygen atoms in total. The van der Waals surface area contributed by atoms with Crippen LogP contribution in [0.4, 0.5) is 5.82 Å². The molecule has 0 spiro atoms. The average molecular weight is 1050 g/mol. The van der Waals surface area contributed by atoms with Gasteiger partial charge in [0.1, 0.15) is 30.7 Å². The van der Waals surface area contributed by atoms with E-state index in [-0.39, 0.29) is 18.7 Å². The molecule has 6 N–H and O–H groups in total. The van der Waals surface area contributed by atoms with E-state index in [9.17, 15) is 43.5 Å². The number of allylic oxidation sites excluding steroid dienone is 1. The van der Waals surface area contributed by atoms with Crippen LogP contribution in [0.2, 0.25) is 0 Å². The van der Waals surface area contributed by atoms with Gasteiger partial charge in [0.2, 0.25) is 0 Å². The van der Waals surface area contributed by atoms with Crippen molar-refractivity contribution in [1.82, 2.24) is 9.55 Å². The Bertz CT molecular complexity index is 1820. The monoisotopic (exact) mass is 1050 g/mol. The Balaban J connectivity index is 1.38. The van der Waals surface area contributed by atoms with Crippen LogP contribution in [0.15, 0.2) is 29.2 Å². The molecule has 0 bridgehead atoms. The van der Waals surface area contributed by atoms with E-state index >= 15 is 0 Å². The van der Waals surface area contributed by atoms with E-state index < -0.39 is 83.7 Å². The zero-order chi connectivity index (χ0) is 51.9. The van der Waals surface area contributed by atoms with Gasteiger partial charge in [0.15, 0.2) is 12.3 Å². The molecule has 3 heterocycles. The lowest BCUT2D eigenvalue weighted by Crippen LogP contribution is -2.36. The molecule has 0 saturated carbocycles. The molecule has 21 heteroatoms. The Labute approximate surface area is 422 Å². The number of ether oxygens (including phenoxy) is 4. The minimum absolute atomic E-state index is 0.0304. The zero-order valence-electron chi connectivity index (χ0n) is 42.9. The summed E-state index contributed by atoms with van der Waals surface area (Å²) in [6.07, 6.45) is 27.3. The highest BCUT2D eigenvalue weighted by Crippen LogP contribution is 2.60. The number of anilines is 1. The number of nitrogen functional groups attached to an aromatic ring is 1. The molecular weight excluding hydrogens is 961 g/mol. The predicted octanol–water partition coefficient (Wildman–Crippen LogP) is 10.1. The molecule has 0 radical (unpaired) electrons. The van der Waals surface area contributed by atoms with E-state index in [4.69, 9.17) is 33.7 Å². The van der Waals surface area contributed by atoms with Crippen LogP contribution in [0.1, 0.15) is 207 Å². The SMILES string of the molecule is CCCCC/C=C\CC1OC1CCCCCCCC(=O)O[C@H](COC(=O)CCCCCCCCCCCCCCCCC(C)C)COP(=O)(O)OP(=O)(O)OC[C@H]1O[C@@H](n2ccc(N)nc2=O)[C@H](O)[C@@H]1O. The summed E-state index contributed by atoms with van der Waals surface area (Å²) in [6.45, 7) is 4.45. The molecule has 0 aliphatic carbocycles. The maximum Gasteiger partial charge on any atom is 0.481 e. The molecule has 2 aliphatic heterocycles. The van der Waals surface area contributed by atoms with Gasteiger partial charge >= 0.3 is 33.3 Å². The molecule has 0 amide bonds. The van der Waals surface area contributed by atoms with Crippen LogP contribution in [0.5, 0.6) is 0 Å². The van der Waals surface area contributed by atoms with Gasteiger partial charge in [-0.1, -0.05) is 161 Å². The first-order chi connectivity index (χ1) is 34.0. The second-order valence-corrected chi connectivity index (χ2v) is 22.6. The second kappa shape index (κ2) is 35.6. The largest absolute Gasteiger partial charge is 0.481 e. The highest BCUT2D eigenvalue weighted by Gasteiger charge is 2.46. The van der Waals surface area contributed by atoms with Crippen LogP contribution in [0.25, 0.3) is 0 Å². The Morgan fingerprint density at radius 2 is 1.31 bits per heavy atom. The van der Waals surface area contributed by atoms with Gasteiger partial charge in [0.05, 0.1) is 25.4 Å². The first kappa shape index (κ1) is 62.8. The van der Waals surface area contributed by atoms with Gasteiger partial charge in [-0.25, -0.2) is 13.9 Å². The van der Waals surface area contributed by atoms with Crippen LogP contribution in [0.3, 0.4) is 0 Å². The lowest BCUT2D eigenvalue weighted by atomic mass is 10.0. The first-order valence-electron chi connectivity index (χ1n) is 26.7. The van der Waals surface area contributed by atoms with E-state index in [1.165, 1.54) is 95.7 Å². The molecule has 410 valence electrons. The summed E-state index contributed by atoms with van der Waals surface area (Å²) in [5.74, 6) is -0.512. The third-order valence-electron chi connectivity index (χ3n) is 12.7. The van der Waals surface area contributed by atoms with Crippen molar-refractivity contribution in [1.29, 1.82) is 0 Å². The number of carbonyl (C=O) groups excluding carboxylic acids is 2. The summed E-state index contributed by atoms with van der Waals surface area (Å²) >= 11 is 0. The number of nitrogens with two attached hydrogens (primary N) is 1. The van der Waals surface area contributed by atoms with E-state index in [2.05, 4.69) is 42.2 Å². The number of carbonyl (C=O) groups is 2. The zero-order valence-corrected chi connectivity index (χ0v) is 44.7. The van der Waals surface area contributed by atoms with Crippen LogP contribution < -0.4 is 11.4 Å². The molecule has 4 unspecified atom stereocenters. The van der Waals surface area contributed by atoms with Crippen molar-refractivity contribution in [3.05, 3.63) is 34.9 Å². The summed E-state index contributed by atoms with van der Waals surface area (Å²) < 4.78 is 62.7. The molecule has 71 heavy (non-hydrogen) atoms. The van der Waals surface area contributed by atoms with E-state index in [0.29, 0.717) is 25.0 Å².